The highest BCUT2D eigenvalue weighted by Gasteiger charge is 2.45. The van der Waals surface area contributed by atoms with Gasteiger partial charge in [-0.15, -0.1) is 11.6 Å². The van der Waals surface area contributed by atoms with Crippen LogP contribution in [0.4, 0.5) is 0 Å². The Bertz CT molecular complexity index is 107. The minimum Gasteiger partial charge on any atom is -0.391 e. The van der Waals surface area contributed by atoms with Gasteiger partial charge in [0.15, 0.2) is 0 Å². The molecule has 0 aliphatic heterocycles. The fourth-order valence-corrected chi connectivity index (χ4v) is 1.77. The van der Waals surface area contributed by atoms with Gasteiger partial charge in [-0.05, 0) is 0 Å². The highest BCUT2D eigenvalue weighted by molar-refractivity contribution is 6.21. The van der Waals surface area contributed by atoms with Crippen molar-refractivity contribution >= 4 is 11.6 Å². The van der Waals surface area contributed by atoms with Gasteiger partial charge in [0, 0.05) is 5.92 Å². The third-order valence-electron chi connectivity index (χ3n) is 2.43. The minimum absolute atomic E-state index is 0.522. The average Bonchev–Trinajstić information content (AvgIpc) is 2.08. The maximum atomic E-state index is 9.34. The van der Waals surface area contributed by atoms with Crippen molar-refractivity contribution in [1.82, 2.24) is 0 Å². The predicted octanol–water partition coefficient (Wildman–Crippen LogP) is -1.31. The summed E-state index contributed by atoms with van der Waals surface area (Å²) >= 11 is 5.60. The zero-order valence-corrected chi connectivity index (χ0v) is 7.39. The van der Waals surface area contributed by atoms with Crippen molar-refractivity contribution in [3.05, 3.63) is 0 Å². The van der Waals surface area contributed by atoms with E-state index in [9.17, 15) is 20.4 Å². The van der Waals surface area contributed by atoms with Gasteiger partial charge in [0.1, 0.15) is 12.2 Å². The molecule has 0 unspecified atom stereocenters. The molecule has 1 aliphatic rings. The molecule has 0 aromatic carbocycles. The number of hydrogen-bond acceptors (Lipinski definition) is 4. The van der Waals surface area contributed by atoms with E-state index in [-0.39, 0.29) is 0 Å². The van der Waals surface area contributed by atoms with Gasteiger partial charge >= 0.3 is 0 Å². The molecule has 0 bridgehead atoms. The first kappa shape index (κ1) is 10.2. The Morgan fingerprint density at radius 1 is 0.833 bits per heavy atom. The van der Waals surface area contributed by atoms with Gasteiger partial charge in [-0.25, -0.2) is 0 Å². The average molecular weight is 197 g/mol. The highest BCUT2D eigenvalue weighted by Crippen LogP contribution is 2.29. The SMILES string of the molecule is C[C@@H]1[C@@H](O)[C@H](Cl)[C@@H](O)[C@H](O)[C@H]1O. The summed E-state index contributed by atoms with van der Waals surface area (Å²) in [5, 5.41) is 36.1. The van der Waals surface area contributed by atoms with E-state index in [4.69, 9.17) is 11.6 Å². The quantitative estimate of drug-likeness (QED) is 0.363. The molecule has 72 valence electrons. The van der Waals surface area contributed by atoms with E-state index in [0.717, 1.165) is 0 Å². The van der Waals surface area contributed by atoms with Gasteiger partial charge < -0.3 is 20.4 Å². The summed E-state index contributed by atoms with van der Waals surface area (Å²) in [7, 11) is 0. The summed E-state index contributed by atoms with van der Waals surface area (Å²) < 4.78 is 0. The van der Waals surface area contributed by atoms with Gasteiger partial charge in [-0.3, -0.25) is 0 Å². The van der Waals surface area contributed by atoms with E-state index >= 15 is 0 Å². The molecule has 12 heavy (non-hydrogen) atoms. The summed E-state index contributed by atoms with van der Waals surface area (Å²) in [4.78, 5) is 0. The number of aliphatic hydroxyl groups is 4. The summed E-state index contributed by atoms with van der Waals surface area (Å²) in [5.74, 6) is -0.522. The van der Waals surface area contributed by atoms with Crippen molar-refractivity contribution in [2.24, 2.45) is 5.92 Å². The van der Waals surface area contributed by atoms with E-state index < -0.39 is 35.7 Å². The third kappa shape index (κ3) is 1.45. The molecular formula is C7H13ClO4. The molecule has 0 radical (unpaired) electrons. The lowest BCUT2D eigenvalue weighted by Crippen LogP contribution is -2.58. The van der Waals surface area contributed by atoms with Gasteiger partial charge in [-0.2, -0.15) is 0 Å². The second-order valence-corrected chi connectivity index (χ2v) is 3.77. The first-order chi connectivity index (χ1) is 5.46. The zero-order chi connectivity index (χ0) is 9.46. The van der Waals surface area contributed by atoms with Crippen LogP contribution in [-0.2, 0) is 0 Å². The van der Waals surface area contributed by atoms with Crippen LogP contribution in [-0.4, -0.2) is 50.2 Å². The van der Waals surface area contributed by atoms with Crippen LogP contribution >= 0.6 is 11.6 Å². The summed E-state index contributed by atoms with van der Waals surface area (Å²) in [6.07, 6.45) is -4.65. The van der Waals surface area contributed by atoms with Crippen LogP contribution in [0, 0.1) is 5.92 Å². The number of rotatable bonds is 0. The first-order valence-electron chi connectivity index (χ1n) is 3.83. The Hall–Kier alpha value is 0.130. The molecule has 1 rings (SSSR count). The Balaban J connectivity index is 2.76. The zero-order valence-electron chi connectivity index (χ0n) is 6.63. The normalized spacial score (nSPS) is 55.5. The number of aliphatic hydroxyl groups excluding tert-OH is 4. The van der Waals surface area contributed by atoms with E-state index in [1.165, 1.54) is 0 Å². The molecule has 5 heteroatoms. The molecule has 0 saturated heterocycles. The van der Waals surface area contributed by atoms with E-state index in [2.05, 4.69) is 0 Å². The molecule has 1 fully saturated rings. The fourth-order valence-electron chi connectivity index (χ4n) is 1.40. The molecule has 0 spiro atoms. The molecule has 0 aromatic rings. The second-order valence-electron chi connectivity index (χ2n) is 3.27. The molecule has 6 atom stereocenters. The number of alkyl halides is 1. The van der Waals surface area contributed by atoms with Crippen molar-refractivity contribution < 1.29 is 20.4 Å². The topological polar surface area (TPSA) is 80.9 Å². The number of hydrogen-bond donors (Lipinski definition) is 4. The highest BCUT2D eigenvalue weighted by atomic mass is 35.5. The monoisotopic (exact) mass is 196 g/mol. The lowest BCUT2D eigenvalue weighted by Gasteiger charge is -2.40. The Morgan fingerprint density at radius 3 is 1.83 bits per heavy atom. The van der Waals surface area contributed by atoms with Crippen molar-refractivity contribution in [3.8, 4) is 0 Å². The van der Waals surface area contributed by atoms with Crippen LogP contribution in [0.25, 0.3) is 0 Å². The standard InChI is InChI=1S/C7H13ClO4/c1-2-4(9)3(8)6(11)7(12)5(2)10/h2-7,9-12H,1H3/t2-,3+,4-,5+,6-,7-/m1/s1. The van der Waals surface area contributed by atoms with Crippen molar-refractivity contribution in [2.75, 3.05) is 0 Å². The van der Waals surface area contributed by atoms with Gasteiger partial charge in [0.2, 0.25) is 0 Å². The molecule has 4 nitrogen and oxygen atoms in total. The predicted molar refractivity (Wildman–Crippen MR) is 42.8 cm³/mol. The molecule has 0 amide bonds. The van der Waals surface area contributed by atoms with Crippen molar-refractivity contribution in [1.29, 1.82) is 0 Å². The maximum absolute atomic E-state index is 9.34. The van der Waals surface area contributed by atoms with Crippen LogP contribution < -0.4 is 0 Å². The number of halogens is 1. The molecule has 4 N–H and O–H groups in total. The third-order valence-corrected chi connectivity index (χ3v) is 2.95. The van der Waals surface area contributed by atoms with E-state index in [1.54, 1.807) is 6.92 Å². The summed E-state index contributed by atoms with van der Waals surface area (Å²) in [6, 6.07) is 0. The van der Waals surface area contributed by atoms with Gasteiger partial charge in [-0.1, -0.05) is 6.92 Å². The summed E-state index contributed by atoms with van der Waals surface area (Å²) in [6.45, 7) is 1.57. The van der Waals surface area contributed by atoms with Crippen LogP contribution in [0.15, 0.2) is 0 Å². The Kier molecular flexibility index (Phi) is 2.96. The van der Waals surface area contributed by atoms with Crippen LogP contribution in [0.1, 0.15) is 6.92 Å². The second kappa shape index (κ2) is 3.47. The van der Waals surface area contributed by atoms with Gasteiger partial charge in [0.05, 0.1) is 17.6 Å². The maximum Gasteiger partial charge on any atom is 0.108 e. The van der Waals surface area contributed by atoms with Crippen LogP contribution in [0.2, 0.25) is 0 Å². The summed E-state index contributed by atoms with van der Waals surface area (Å²) in [5.41, 5.74) is 0. The van der Waals surface area contributed by atoms with Crippen molar-refractivity contribution in [3.63, 3.8) is 0 Å². The molecular weight excluding hydrogens is 184 g/mol. The van der Waals surface area contributed by atoms with Crippen molar-refractivity contribution in [2.45, 2.75) is 36.7 Å². The van der Waals surface area contributed by atoms with E-state index in [0.29, 0.717) is 0 Å². The molecule has 0 aromatic heterocycles. The van der Waals surface area contributed by atoms with Crippen LogP contribution in [0.3, 0.4) is 0 Å². The first-order valence-corrected chi connectivity index (χ1v) is 4.26. The van der Waals surface area contributed by atoms with E-state index in [1.807, 2.05) is 0 Å². The van der Waals surface area contributed by atoms with Crippen LogP contribution in [0.5, 0.6) is 0 Å². The molecule has 1 saturated carbocycles. The molecule has 1 aliphatic carbocycles. The Labute approximate surface area is 75.4 Å². The molecule has 0 heterocycles. The fraction of sp³-hybridized carbons (Fsp3) is 1.00. The Morgan fingerprint density at radius 2 is 1.33 bits per heavy atom. The minimum atomic E-state index is -1.27. The smallest absolute Gasteiger partial charge is 0.108 e. The van der Waals surface area contributed by atoms with Gasteiger partial charge in [0.25, 0.3) is 0 Å². The lowest BCUT2D eigenvalue weighted by atomic mass is 9.81. The largest absolute Gasteiger partial charge is 0.391 e. The lowest BCUT2D eigenvalue weighted by molar-refractivity contribution is -0.142.